The monoisotopic (exact) mass is 385 g/mol. The minimum Gasteiger partial charge on any atom is -0.369 e. The van der Waals surface area contributed by atoms with Crippen molar-refractivity contribution in [3.63, 3.8) is 0 Å². The normalized spacial score (nSPS) is 23.5. The summed E-state index contributed by atoms with van der Waals surface area (Å²) < 4.78 is 0. The number of likely N-dealkylation sites (tertiary alicyclic amines) is 2. The fourth-order valence-electron chi connectivity index (χ4n) is 4.53. The Morgan fingerprint density at radius 3 is 2.21 bits per heavy atom. The molecule has 2 saturated heterocycles. The molecule has 0 radical (unpaired) electrons. The number of benzene rings is 1. The lowest BCUT2D eigenvalue weighted by Crippen LogP contribution is -2.46. The lowest BCUT2D eigenvalue weighted by Gasteiger charge is -2.39. The molecule has 6 heteroatoms. The van der Waals surface area contributed by atoms with Crippen LogP contribution in [-0.4, -0.2) is 53.7 Å². The van der Waals surface area contributed by atoms with Crippen LogP contribution in [0.3, 0.4) is 0 Å². The molecular formula is C22H31N3O3. The SMILES string of the molecule is CC[C@H]1CN(C(=O)c2ccccc2)CC[C@H]1CC(=O)N1CCC(C(N)=O)CC1. The number of carbonyl (C=O) groups excluding carboxylic acids is 3. The molecule has 152 valence electrons. The number of amides is 3. The van der Waals surface area contributed by atoms with Gasteiger partial charge >= 0.3 is 0 Å². The zero-order valence-electron chi connectivity index (χ0n) is 16.7. The van der Waals surface area contributed by atoms with E-state index in [0.29, 0.717) is 57.3 Å². The van der Waals surface area contributed by atoms with Crippen molar-refractivity contribution < 1.29 is 14.4 Å². The topological polar surface area (TPSA) is 83.7 Å². The summed E-state index contributed by atoms with van der Waals surface area (Å²) in [5, 5.41) is 0. The van der Waals surface area contributed by atoms with Crippen molar-refractivity contribution in [3.8, 4) is 0 Å². The molecule has 0 aromatic heterocycles. The number of piperidine rings is 2. The van der Waals surface area contributed by atoms with Crippen molar-refractivity contribution in [2.24, 2.45) is 23.5 Å². The maximum atomic E-state index is 12.8. The van der Waals surface area contributed by atoms with Crippen LogP contribution in [0.2, 0.25) is 0 Å². The third-order valence-electron chi connectivity index (χ3n) is 6.41. The van der Waals surface area contributed by atoms with Gasteiger partial charge in [0.1, 0.15) is 0 Å². The minimum atomic E-state index is -0.256. The second-order valence-corrected chi connectivity index (χ2v) is 8.10. The molecular weight excluding hydrogens is 354 g/mol. The Labute approximate surface area is 167 Å². The van der Waals surface area contributed by atoms with E-state index in [-0.39, 0.29) is 23.6 Å². The molecule has 0 aliphatic carbocycles. The third-order valence-corrected chi connectivity index (χ3v) is 6.41. The van der Waals surface area contributed by atoms with Crippen molar-refractivity contribution in [3.05, 3.63) is 35.9 Å². The van der Waals surface area contributed by atoms with Gasteiger partial charge in [-0.3, -0.25) is 14.4 Å². The van der Waals surface area contributed by atoms with Gasteiger partial charge in [0.15, 0.2) is 0 Å². The van der Waals surface area contributed by atoms with Crippen LogP contribution in [0.4, 0.5) is 0 Å². The summed E-state index contributed by atoms with van der Waals surface area (Å²) in [5.41, 5.74) is 6.11. The van der Waals surface area contributed by atoms with Crippen LogP contribution in [0.15, 0.2) is 30.3 Å². The Kier molecular flexibility index (Phi) is 6.70. The van der Waals surface area contributed by atoms with Gasteiger partial charge in [-0.25, -0.2) is 0 Å². The summed E-state index contributed by atoms with van der Waals surface area (Å²) in [4.78, 5) is 40.6. The average Bonchev–Trinajstić information content (AvgIpc) is 2.74. The summed E-state index contributed by atoms with van der Waals surface area (Å²) in [6.07, 6.45) is 3.69. The quantitative estimate of drug-likeness (QED) is 0.844. The molecule has 2 aliphatic rings. The van der Waals surface area contributed by atoms with Gasteiger partial charge in [0.25, 0.3) is 5.91 Å². The van der Waals surface area contributed by atoms with E-state index in [9.17, 15) is 14.4 Å². The number of carbonyl (C=O) groups is 3. The van der Waals surface area contributed by atoms with Crippen LogP contribution < -0.4 is 5.73 Å². The van der Waals surface area contributed by atoms with Gasteiger partial charge in [-0.05, 0) is 43.2 Å². The molecule has 0 bridgehead atoms. The van der Waals surface area contributed by atoms with E-state index < -0.39 is 0 Å². The molecule has 1 aromatic rings. The Morgan fingerprint density at radius 1 is 0.964 bits per heavy atom. The molecule has 1 aromatic carbocycles. The van der Waals surface area contributed by atoms with Crippen LogP contribution >= 0.6 is 0 Å². The Balaban J connectivity index is 1.54. The van der Waals surface area contributed by atoms with Crippen LogP contribution in [0.5, 0.6) is 0 Å². The Bertz CT molecular complexity index is 698. The van der Waals surface area contributed by atoms with Crippen LogP contribution in [-0.2, 0) is 9.59 Å². The molecule has 2 heterocycles. The fraction of sp³-hybridized carbons (Fsp3) is 0.591. The van der Waals surface area contributed by atoms with Gasteiger partial charge in [0, 0.05) is 44.1 Å². The minimum absolute atomic E-state index is 0.0809. The largest absolute Gasteiger partial charge is 0.369 e. The first kappa shape index (κ1) is 20.4. The highest BCUT2D eigenvalue weighted by molar-refractivity contribution is 5.94. The number of nitrogens with zero attached hydrogens (tertiary/aromatic N) is 2. The van der Waals surface area contributed by atoms with Crippen molar-refractivity contribution in [2.45, 2.75) is 39.0 Å². The van der Waals surface area contributed by atoms with E-state index in [4.69, 9.17) is 5.73 Å². The summed E-state index contributed by atoms with van der Waals surface area (Å²) in [6.45, 7) is 4.79. The number of rotatable bonds is 5. The van der Waals surface area contributed by atoms with Crippen LogP contribution in [0.1, 0.15) is 49.4 Å². The number of hydrogen-bond donors (Lipinski definition) is 1. The van der Waals surface area contributed by atoms with Crippen LogP contribution in [0, 0.1) is 17.8 Å². The van der Waals surface area contributed by atoms with E-state index >= 15 is 0 Å². The van der Waals surface area contributed by atoms with E-state index in [1.807, 2.05) is 40.1 Å². The average molecular weight is 386 g/mol. The molecule has 2 N–H and O–H groups in total. The summed E-state index contributed by atoms with van der Waals surface area (Å²) in [7, 11) is 0. The number of nitrogens with two attached hydrogens (primary N) is 1. The van der Waals surface area contributed by atoms with Crippen molar-refractivity contribution in [2.75, 3.05) is 26.2 Å². The second-order valence-electron chi connectivity index (χ2n) is 8.10. The van der Waals surface area contributed by atoms with E-state index in [1.54, 1.807) is 0 Å². The van der Waals surface area contributed by atoms with Gasteiger partial charge in [0.2, 0.25) is 11.8 Å². The highest BCUT2D eigenvalue weighted by atomic mass is 16.2. The second kappa shape index (κ2) is 9.22. The van der Waals surface area contributed by atoms with Crippen molar-refractivity contribution >= 4 is 17.7 Å². The zero-order chi connectivity index (χ0) is 20.1. The molecule has 2 fully saturated rings. The van der Waals surface area contributed by atoms with E-state index in [1.165, 1.54) is 0 Å². The smallest absolute Gasteiger partial charge is 0.253 e. The molecule has 0 spiro atoms. The zero-order valence-corrected chi connectivity index (χ0v) is 16.7. The maximum Gasteiger partial charge on any atom is 0.253 e. The number of primary amides is 1. The molecule has 2 atom stereocenters. The van der Waals surface area contributed by atoms with E-state index in [2.05, 4.69) is 6.92 Å². The van der Waals surface area contributed by atoms with Crippen molar-refractivity contribution in [1.29, 1.82) is 0 Å². The van der Waals surface area contributed by atoms with Gasteiger partial charge in [-0.2, -0.15) is 0 Å². The summed E-state index contributed by atoms with van der Waals surface area (Å²) >= 11 is 0. The lowest BCUT2D eigenvalue weighted by molar-refractivity contribution is -0.136. The first-order chi connectivity index (χ1) is 13.5. The van der Waals surface area contributed by atoms with E-state index in [0.717, 1.165) is 18.4 Å². The van der Waals surface area contributed by atoms with Gasteiger partial charge < -0.3 is 15.5 Å². The molecule has 6 nitrogen and oxygen atoms in total. The molecule has 3 rings (SSSR count). The first-order valence-electron chi connectivity index (χ1n) is 10.4. The molecule has 0 unspecified atom stereocenters. The first-order valence-corrected chi connectivity index (χ1v) is 10.4. The lowest BCUT2D eigenvalue weighted by atomic mass is 9.81. The summed E-state index contributed by atoms with van der Waals surface area (Å²) in [6, 6.07) is 9.40. The summed E-state index contributed by atoms with van der Waals surface area (Å²) in [5.74, 6) is 0.555. The highest BCUT2D eigenvalue weighted by Crippen LogP contribution is 2.31. The fourth-order valence-corrected chi connectivity index (χ4v) is 4.53. The predicted molar refractivity (Wildman–Crippen MR) is 107 cm³/mol. The van der Waals surface area contributed by atoms with Gasteiger partial charge in [0.05, 0.1) is 0 Å². The Hall–Kier alpha value is -2.37. The van der Waals surface area contributed by atoms with Crippen LogP contribution in [0.25, 0.3) is 0 Å². The third kappa shape index (κ3) is 4.72. The predicted octanol–water partition coefficient (Wildman–Crippen LogP) is 2.29. The molecule has 2 aliphatic heterocycles. The highest BCUT2D eigenvalue weighted by Gasteiger charge is 2.34. The Morgan fingerprint density at radius 2 is 1.61 bits per heavy atom. The standard InChI is InChI=1S/C22H31N3O3/c1-2-16-15-25(22(28)18-6-4-3-5-7-18)13-10-19(16)14-20(26)24-11-8-17(9-12-24)21(23)27/h3-7,16-17,19H,2,8-15H2,1H3,(H2,23,27)/t16-,19-/m0/s1. The molecule has 28 heavy (non-hydrogen) atoms. The maximum absolute atomic E-state index is 12.8. The molecule has 0 saturated carbocycles. The number of hydrogen-bond acceptors (Lipinski definition) is 3. The molecule has 3 amide bonds. The van der Waals surface area contributed by atoms with Gasteiger partial charge in [-0.15, -0.1) is 0 Å². The van der Waals surface area contributed by atoms with Crippen molar-refractivity contribution in [1.82, 2.24) is 9.80 Å². The van der Waals surface area contributed by atoms with Gasteiger partial charge in [-0.1, -0.05) is 31.5 Å².